The molecule has 0 radical (unpaired) electrons. The lowest BCUT2D eigenvalue weighted by atomic mass is 10.4. The van der Waals surface area contributed by atoms with Crippen molar-refractivity contribution in [1.82, 2.24) is 19.7 Å². The summed E-state index contributed by atoms with van der Waals surface area (Å²) in [7, 11) is 1.87. The molecule has 0 unspecified atom stereocenters. The van der Waals surface area contributed by atoms with Crippen LogP contribution in [-0.2, 0) is 6.54 Å². The molecule has 0 aromatic carbocycles. The van der Waals surface area contributed by atoms with Crippen LogP contribution in [0.25, 0.3) is 0 Å². The van der Waals surface area contributed by atoms with Gasteiger partial charge in [0.2, 0.25) is 0 Å². The Morgan fingerprint density at radius 3 is 2.83 bits per heavy atom. The SMILES string of the molecule is CN(CCn1cccn1)c1cnc(C(=O)O)cn1. The second-order valence-corrected chi connectivity index (χ2v) is 3.76. The number of hydrogen-bond donors (Lipinski definition) is 1. The fourth-order valence-electron chi connectivity index (χ4n) is 1.43. The molecule has 2 heterocycles. The van der Waals surface area contributed by atoms with Gasteiger partial charge in [-0.1, -0.05) is 0 Å². The van der Waals surface area contributed by atoms with Gasteiger partial charge in [0.05, 0.1) is 18.9 Å². The molecule has 2 rings (SSSR count). The maximum Gasteiger partial charge on any atom is 0.356 e. The third-order valence-corrected chi connectivity index (χ3v) is 2.47. The molecule has 0 aliphatic rings. The second-order valence-electron chi connectivity index (χ2n) is 3.76. The van der Waals surface area contributed by atoms with Crippen LogP contribution in [0, 0.1) is 0 Å². The average molecular weight is 247 g/mol. The van der Waals surface area contributed by atoms with Crippen LogP contribution in [-0.4, -0.2) is 44.4 Å². The second kappa shape index (κ2) is 5.26. The Bertz CT molecular complexity index is 509. The molecule has 0 spiro atoms. The van der Waals surface area contributed by atoms with Crippen LogP contribution in [0.3, 0.4) is 0 Å². The van der Waals surface area contributed by atoms with Gasteiger partial charge in [-0.05, 0) is 6.07 Å². The van der Waals surface area contributed by atoms with E-state index in [1.165, 1.54) is 12.4 Å². The van der Waals surface area contributed by atoms with Crippen molar-refractivity contribution in [2.24, 2.45) is 0 Å². The molecule has 0 bridgehead atoms. The minimum absolute atomic E-state index is 0.0563. The summed E-state index contributed by atoms with van der Waals surface area (Å²) in [6.45, 7) is 1.44. The Morgan fingerprint density at radius 2 is 2.28 bits per heavy atom. The fraction of sp³-hybridized carbons (Fsp3) is 0.273. The number of aromatic nitrogens is 4. The van der Waals surface area contributed by atoms with Crippen molar-refractivity contribution in [2.75, 3.05) is 18.5 Å². The van der Waals surface area contributed by atoms with Gasteiger partial charge in [-0.2, -0.15) is 5.10 Å². The van der Waals surface area contributed by atoms with Crippen LogP contribution >= 0.6 is 0 Å². The van der Waals surface area contributed by atoms with E-state index in [4.69, 9.17) is 5.11 Å². The van der Waals surface area contributed by atoms with Crippen molar-refractivity contribution < 1.29 is 9.90 Å². The summed E-state index contributed by atoms with van der Waals surface area (Å²) in [5.41, 5.74) is -0.0563. The highest BCUT2D eigenvalue weighted by Gasteiger charge is 2.07. The molecule has 0 saturated carbocycles. The minimum atomic E-state index is -1.08. The maximum absolute atomic E-state index is 10.6. The van der Waals surface area contributed by atoms with Crippen molar-refractivity contribution in [2.45, 2.75) is 6.54 Å². The molecule has 18 heavy (non-hydrogen) atoms. The van der Waals surface area contributed by atoms with E-state index in [1.54, 1.807) is 6.20 Å². The Kier molecular flexibility index (Phi) is 3.52. The molecule has 0 fully saturated rings. The Morgan fingerprint density at radius 1 is 1.44 bits per heavy atom. The van der Waals surface area contributed by atoms with E-state index in [9.17, 15) is 4.79 Å². The number of likely N-dealkylation sites (N-methyl/N-ethyl adjacent to an activating group) is 1. The predicted octanol–water partition coefficient (Wildman–Crippen LogP) is 0.508. The van der Waals surface area contributed by atoms with Gasteiger partial charge in [-0.25, -0.2) is 14.8 Å². The van der Waals surface area contributed by atoms with Crippen LogP contribution in [0.2, 0.25) is 0 Å². The lowest BCUT2D eigenvalue weighted by molar-refractivity contribution is 0.0690. The molecule has 7 nitrogen and oxygen atoms in total. The van der Waals surface area contributed by atoms with Crippen LogP contribution in [0.5, 0.6) is 0 Å². The van der Waals surface area contributed by atoms with Gasteiger partial charge in [0.25, 0.3) is 0 Å². The van der Waals surface area contributed by atoms with Crippen LogP contribution in [0.1, 0.15) is 10.5 Å². The van der Waals surface area contributed by atoms with E-state index in [0.717, 1.165) is 6.54 Å². The molecule has 0 aliphatic heterocycles. The van der Waals surface area contributed by atoms with Crippen molar-refractivity contribution in [1.29, 1.82) is 0 Å². The summed E-state index contributed by atoms with van der Waals surface area (Å²) in [4.78, 5) is 20.4. The van der Waals surface area contributed by atoms with Crippen molar-refractivity contribution in [3.05, 3.63) is 36.5 Å². The van der Waals surface area contributed by atoms with Gasteiger partial charge in [0.1, 0.15) is 5.82 Å². The average Bonchev–Trinajstić information content (AvgIpc) is 2.89. The molecule has 1 N–H and O–H groups in total. The van der Waals surface area contributed by atoms with E-state index in [0.29, 0.717) is 12.4 Å². The van der Waals surface area contributed by atoms with Gasteiger partial charge >= 0.3 is 5.97 Å². The number of nitrogens with zero attached hydrogens (tertiary/aromatic N) is 5. The molecule has 0 atom stereocenters. The molecule has 0 amide bonds. The van der Waals surface area contributed by atoms with E-state index in [1.807, 2.05) is 28.9 Å². The number of aromatic carboxylic acids is 1. The first-order chi connectivity index (χ1) is 8.66. The topological polar surface area (TPSA) is 84.1 Å². The summed E-state index contributed by atoms with van der Waals surface area (Å²) in [6, 6.07) is 1.86. The largest absolute Gasteiger partial charge is 0.476 e. The zero-order valence-corrected chi connectivity index (χ0v) is 9.89. The predicted molar refractivity (Wildman–Crippen MR) is 64.5 cm³/mol. The van der Waals surface area contributed by atoms with Gasteiger partial charge in [-0.3, -0.25) is 4.68 Å². The highest BCUT2D eigenvalue weighted by molar-refractivity contribution is 5.84. The normalized spacial score (nSPS) is 10.3. The van der Waals surface area contributed by atoms with Gasteiger partial charge in [0.15, 0.2) is 5.69 Å². The summed E-state index contributed by atoms with van der Waals surface area (Å²) in [5, 5.41) is 12.8. The quantitative estimate of drug-likeness (QED) is 0.828. The third-order valence-electron chi connectivity index (χ3n) is 2.47. The summed E-state index contributed by atoms with van der Waals surface area (Å²) >= 11 is 0. The summed E-state index contributed by atoms with van der Waals surface area (Å²) in [5.74, 6) is -0.444. The molecule has 7 heteroatoms. The van der Waals surface area contributed by atoms with Crippen LogP contribution < -0.4 is 4.90 Å². The smallest absolute Gasteiger partial charge is 0.356 e. The zero-order chi connectivity index (χ0) is 13.0. The van der Waals surface area contributed by atoms with Crippen molar-refractivity contribution in [3.63, 3.8) is 0 Å². The first kappa shape index (κ1) is 12.0. The number of carboxylic acid groups (broad SMARTS) is 1. The number of carboxylic acids is 1. The Labute approximate surface area is 104 Å². The highest BCUT2D eigenvalue weighted by Crippen LogP contribution is 2.06. The monoisotopic (exact) mass is 247 g/mol. The van der Waals surface area contributed by atoms with Gasteiger partial charge in [-0.15, -0.1) is 0 Å². The maximum atomic E-state index is 10.6. The fourth-order valence-corrected chi connectivity index (χ4v) is 1.43. The standard InChI is InChI=1S/C11H13N5O2/c1-15(5-6-16-4-2-3-14-16)10-8-12-9(7-13-10)11(17)18/h2-4,7-8H,5-6H2,1H3,(H,17,18). The van der Waals surface area contributed by atoms with Crippen LogP contribution in [0.15, 0.2) is 30.9 Å². The third kappa shape index (κ3) is 2.82. The Hall–Kier alpha value is -2.44. The van der Waals surface area contributed by atoms with E-state index in [-0.39, 0.29) is 5.69 Å². The number of carbonyl (C=O) groups is 1. The first-order valence-corrected chi connectivity index (χ1v) is 5.41. The van der Waals surface area contributed by atoms with Crippen molar-refractivity contribution in [3.8, 4) is 0 Å². The van der Waals surface area contributed by atoms with Crippen LogP contribution in [0.4, 0.5) is 5.82 Å². The number of anilines is 1. The molecule has 0 saturated heterocycles. The molecule has 94 valence electrons. The highest BCUT2D eigenvalue weighted by atomic mass is 16.4. The molecular formula is C11H13N5O2. The Balaban J connectivity index is 1.96. The lowest BCUT2D eigenvalue weighted by Crippen LogP contribution is -2.24. The molecule has 0 aliphatic carbocycles. The minimum Gasteiger partial charge on any atom is -0.476 e. The van der Waals surface area contributed by atoms with Gasteiger partial charge in [0, 0.05) is 26.0 Å². The van der Waals surface area contributed by atoms with E-state index in [2.05, 4.69) is 15.1 Å². The number of hydrogen-bond acceptors (Lipinski definition) is 5. The lowest BCUT2D eigenvalue weighted by Gasteiger charge is -2.17. The van der Waals surface area contributed by atoms with E-state index < -0.39 is 5.97 Å². The van der Waals surface area contributed by atoms with E-state index >= 15 is 0 Å². The first-order valence-electron chi connectivity index (χ1n) is 5.41. The summed E-state index contributed by atoms with van der Waals surface area (Å²) < 4.78 is 1.82. The molecule has 2 aromatic heterocycles. The van der Waals surface area contributed by atoms with Gasteiger partial charge < -0.3 is 10.0 Å². The molecular weight excluding hydrogens is 234 g/mol. The number of rotatable bonds is 5. The molecule has 2 aromatic rings. The zero-order valence-electron chi connectivity index (χ0n) is 9.89. The van der Waals surface area contributed by atoms with Crippen molar-refractivity contribution >= 4 is 11.8 Å². The summed E-state index contributed by atoms with van der Waals surface area (Å²) in [6.07, 6.45) is 6.31.